The number of piperidine rings is 1. The van der Waals surface area contributed by atoms with E-state index in [1.807, 2.05) is 18.2 Å². The minimum Gasteiger partial charge on any atom is -0.358 e. The molecule has 0 unspecified atom stereocenters. The van der Waals surface area contributed by atoms with Crippen molar-refractivity contribution in [2.75, 3.05) is 62.6 Å². The van der Waals surface area contributed by atoms with Gasteiger partial charge in [0.25, 0.3) is 5.91 Å². The molecule has 3 heterocycles. The number of nitrogens with zero attached hydrogens (tertiary/aromatic N) is 3. The van der Waals surface area contributed by atoms with Crippen molar-refractivity contribution in [3.05, 3.63) is 23.8 Å². The average Bonchev–Trinajstić information content (AvgIpc) is 2.78. The number of piperazine rings is 1. The molecule has 0 radical (unpaired) electrons. The summed E-state index contributed by atoms with van der Waals surface area (Å²) in [4.78, 5) is 32.2. The second kappa shape index (κ2) is 9.79. The van der Waals surface area contributed by atoms with Crippen molar-refractivity contribution in [1.82, 2.24) is 15.1 Å². The maximum atomic E-state index is 12.6. The molecule has 7 nitrogen and oxygen atoms in total. The van der Waals surface area contributed by atoms with Gasteiger partial charge in [0, 0.05) is 44.8 Å². The van der Waals surface area contributed by atoms with Gasteiger partial charge in [0.15, 0.2) is 0 Å². The summed E-state index contributed by atoms with van der Waals surface area (Å²) in [6.45, 7) is 10.6. The molecule has 0 aliphatic carbocycles. The molecule has 3 aliphatic heterocycles. The molecule has 2 saturated heterocycles. The molecule has 2 amide bonds. The van der Waals surface area contributed by atoms with Gasteiger partial charge in [0.1, 0.15) is 6.04 Å². The highest BCUT2D eigenvalue weighted by Crippen LogP contribution is 2.36. The molecule has 30 heavy (non-hydrogen) atoms. The van der Waals surface area contributed by atoms with Crippen LogP contribution in [0.5, 0.6) is 0 Å². The van der Waals surface area contributed by atoms with Crippen molar-refractivity contribution in [3.8, 4) is 0 Å². The van der Waals surface area contributed by atoms with Crippen LogP contribution in [0, 0.1) is 0 Å². The number of rotatable bonds is 7. The Kier molecular flexibility index (Phi) is 6.89. The lowest BCUT2D eigenvalue weighted by atomic mass is 9.97. The fraction of sp³-hybridized carbons (Fsp3) is 0.652. The molecule has 0 spiro atoms. The maximum Gasteiger partial charge on any atom is 0.251 e. The topological polar surface area (TPSA) is 67.9 Å². The van der Waals surface area contributed by atoms with Gasteiger partial charge in [-0.25, -0.2) is 0 Å². The third-order valence-electron chi connectivity index (χ3n) is 6.57. The van der Waals surface area contributed by atoms with Crippen LogP contribution in [0.4, 0.5) is 11.4 Å². The third-order valence-corrected chi connectivity index (χ3v) is 6.57. The molecular formula is C23H35N5O2. The molecule has 2 fully saturated rings. The van der Waals surface area contributed by atoms with Crippen LogP contribution in [0.15, 0.2) is 18.2 Å². The van der Waals surface area contributed by atoms with Gasteiger partial charge in [-0.2, -0.15) is 0 Å². The molecular weight excluding hydrogens is 378 g/mol. The van der Waals surface area contributed by atoms with E-state index in [0.29, 0.717) is 12.1 Å². The van der Waals surface area contributed by atoms with Crippen molar-refractivity contribution >= 4 is 23.2 Å². The lowest BCUT2D eigenvalue weighted by Gasteiger charge is -2.41. The largest absolute Gasteiger partial charge is 0.358 e. The monoisotopic (exact) mass is 413 g/mol. The lowest BCUT2D eigenvalue weighted by Crippen LogP contribution is -2.50. The fourth-order valence-corrected chi connectivity index (χ4v) is 4.90. The summed E-state index contributed by atoms with van der Waals surface area (Å²) in [7, 11) is 0. The Bertz CT molecular complexity index is 760. The zero-order chi connectivity index (χ0) is 20.9. The summed E-state index contributed by atoms with van der Waals surface area (Å²) in [6.07, 6.45) is 5.28. The van der Waals surface area contributed by atoms with E-state index in [1.54, 1.807) is 0 Å². The molecule has 7 heteroatoms. The number of amides is 2. The summed E-state index contributed by atoms with van der Waals surface area (Å²) in [5, 5.41) is 6.05. The second-order valence-electron chi connectivity index (χ2n) is 8.72. The highest BCUT2D eigenvalue weighted by Gasteiger charge is 2.34. The van der Waals surface area contributed by atoms with E-state index < -0.39 is 0 Å². The zero-order valence-electron chi connectivity index (χ0n) is 18.2. The van der Waals surface area contributed by atoms with Gasteiger partial charge >= 0.3 is 0 Å². The molecule has 0 aromatic heterocycles. The first-order chi connectivity index (χ1) is 14.7. The van der Waals surface area contributed by atoms with E-state index in [2.05, 4.69) is 32.3 Å². The minimum absolute atomic E-state index is 0.0544. The van der Waals surface area contributed by atoms with Crippen LogP contribution in [0.25, 0.3) is 0 Å². The number of carbonyl (C=O) groups excluding carboxylic acids is 2. The molecule has 3 aliphatic rings. The van der Waals surface area contributed by atoms with Gasteiger partial charge in [-0.15, -0.1) is 0 Å². The van der Waals surface area contributed by atoms with E-state index in [0.717, 1.165) is 76.3 Å². The molecule has 164 valence electrons. The van der Waals surface area contributed by atoms with Crippen molar-refractivity contribution < 1.29 is 9.59 Å². The first-order valence-electron chi connectivity index (χ1n) is 11.6. The first-order valence-corrected chi connectivity index (χ1v) is 11.6. The number of anilines is 2. The van der Waals surface area contributed by atoms with E-state index in [-0.39, 0.29) is 17.9 Å². The summed E-state index contributed by atoms with van der Waals surface area (Å²) in [5.41, 5.74) is 2.41. The van der Waals surface area contributed by atoms with Crippen molar-refractivity contribution in [2.24, 2.45) is 0 Å². The Hall–Kier alpha value is -2.12. The van der Waals surface area contributed by atoms with Crippen LogP contribution in [-0.4, -0.2) is 80.0 Å². The molecule has 1 atom stereocenters. The van der Waals surface area contributed by atoms with Gasteiger partial charge in [0.05, 0.1) is 11.4 Å². The number of carbonyl (C=O) groups is 2. The van der Waals surface area contributed by atoms with Crippen molar-refractivity contribution in [2.45, 2.75) is 45.1 Å². The number of benzene rings is 1. The molecule has 0 saturated carbocycles. The SMILES string of the molecule is CCCN1CCN(CCCNC(=O)c2ccc3c(c2)NC(=O)[C@@H]2CCCCN32)CC1. The number of fused-ring (bicyclic) bond motifs is 3. The Labute approximate surface area is 179 Å². The van der Waals surface area contributed by atoms with Crippen LogP contribution in [-0.2, 0) is 4.79 Å². The van der Waals surface area contributed by atoms with Crippen LogP contribution in [0.2, 0.25) is 0 Å². The first kappa shape index (κ1) is 21.1. The summed E-state index contributed by atoms with van der Waals surface area (Å²) in [5.74, 6) is -0.0145. The standard InChI is InChI=1S/C23H35N5O2/c1-2-10-26-13-15-27(16-14-26)11-5-9-24-22(29)18-7-8-20-19(17-18)25-23(30)21-6-3-4-12-28(20)21/h7-8,17,21H,2-6,9-16H2,1H3,(H,24,29)(H,25,30)/t21-/m0/s1. The summed E-state index contributed by atoms with van der Waals surface area (Å²) < 4.78 is 0. The predicted molar refractivity (Wildman–Crippen MR) is 120 cm³/mol. The maximum absolute atomic E-state index is 12.6. The second-order valence-corrected chi connectivity index (χ2v) is 8.72. The smallest absolute Gasteiger partial charge is 0.251 e. The molecule has 0 bridgehead atoms. The van der Waals surface area contributed by atoms with Gasteiger partial charge < -0.3 is 25.3 Å². The molecule has 1 aromatic rings. The molecule has 2 N–H and O–H groups in total. The summed E-state index contributed by atoms with van der Waals surface area (Å²) >= 11 is 0. The van der Waals surface area contributed by atoms with E-state index in [1.165, 1.54) is 13.0 Å². The van der Waals surface area contributed by atoms with Crippen LogP contribution in [0.3, 0.4) is 0 Å². The summed E-state index contributed by atoms with van der Waals surface area (Å²) in [6, 6.07) is 5.62. The van der Waals surface area contributed by atoms with Crippen molar-refractivity contribution in [1.29, 1.82) is 0 Å². The number of hydrogen-bond donors (Lipinski definition) is 2. The van der Waals surface area contributed by atoms with Crippen molar-refractivity contribution in [3.63, 3.8) is 0 Å². The third kappa shape index (κ3) is 4.78. The highest BCUT2D eigenvalue weighted by molar-refractivity contribution is 6.05. The highest BCUT2D eigenvalue weighted by atomic mass is 16.2. The van der Waals surface area contributed by atoms with Gasteiger partial charge in [-0.05, 0) is 63.4 Å². The molecule has 4 rings (SSSR count). The van der Waals surface area contributed by atoms with Gasteiger partial charge in [0.2, 0.25) is 5.91 Å². The quantitative estimate of drug-likeness (QED) is 0.671. The Morgan fingerprint density at radius 3 is 2.63 bits per heavy atom. The van der Waals surface area contributed by atoms with Gasteiger partial charge in [-0.1, -0.05) is 6.92 Å². The minimum atomic E-state index is -0.0689. The lowest BCUT2D eigenvalue weighted by molar-refractivity contribution is -0.118. The predicted octanol–water partition coefficient (Wildman–Crippen LogP) is 2.15. The zero-order valence-corrected chi connectivity index (χ0v) is 18.2. The Balaban J connectivity index is 1.25. The van der Waals surface area contributed by atoms with Gasteiger partial charge in [-0.3, -0.25) is 9.59 Å². The van der Waals surface area contributed by atoms with Crippen LogP contribution in [0.1, 0.15) is 49.4 Å². The average molecular weight is 414 g/mol. The Morgan fingerprint density at radius 2 is 1.87 bits per heavy atom. The fourth-order valence-electron chi connectivity index (χ4n) is 4.90. The molecule has 1 aromatic carbocycles. The Morgan fingerprint density at radius 1 is 1.10 bits per heavy atom. The van der Waals surface area contributed by atoms with Crippen LogP contribution >= 0.6 is 0 Å². The number of hydrogen-bond acceptors (Lipinski definition) is 5. The van der Waals surface area contributed by atoms with E-state index in [4.69, 9.17) is 0 Å². The number of nitrogens with one attached hydrogen (secondary N) is 2. The van der Waals surface area contributed by atoms with Crippen LogP contribution < -0.4 is 15.5 Å². The van der Waals surface area contributed by atoms with E-state index >= 15 is 0 Å². The normalized spacial score (nSPS) is 22.2. The van der Waals surface area contributed by atoms with E-state index in [9.17, 15) is 9.59 Å².